The predicted octanol–water partition coefficient (Wildman–Crippen LogP) is 3.37. The molecule has 0 fully saturated rings. The zero-order valence-corrected chi connectivity index (χ0v) is 14.2. The topological polar surface area (TPSA) is 93.8 Å². The lowest BCUT2D eigenvalue weighted by molar-refractivity contribution is -0.134. The van der Waals surface area contributed by atoms with E-state index in [2.05, 4.69) is 5.32 Å². The summed E-state index contributed by atoms with van der Waals surface area (Å²) in [5.41, 5.74) is -2.67. The fourth-order valence-corrected chi connectivity index (χ4v) is 3.35. The molecule has 0 radical (unpaired) electrons. The van der Waals surface area contributed by atoms with Gasteiger partial charge in [-0.25, -0.2) is 0 Å². The third kappa shape index (κ3) is 2.40. The van der Waals surface area contributed by atoms with E-state index in [-0.39, 0.29) is 16.8 Å². The minimum Gasteiger partial charge on any atom is -0.325 e. The number of carbonyl (C=O) groups is 2. The number of hydrogen-bond acceptors (Lipinski definition) is 4. The van der Waals surface area contributed by atoms with Crippen molar-refractivity contribution in [2.45, 2.75) is 18.3 Å². The summed E-state index contributed by atoms with van der Waals surface area (Å²) in [4.78, 5) is 25.4. The first kappa shape index (κ1) is 18.2. The van der Waals surface area contributed by atoms with Crippen LogP contribution < -0.4 is 5.32 Å². The number of amides is 1. The second-order valence-electron chi connectivity index (χ2n) is 6.27. The average Bonchev–Trinajstić information content (AvgIpc) is 2.96. The smallest absolute Gasteiger partial charge is 0.325 e. The molecule has 0 aromatic heterocycles. The Hall–Kier alpha value is -3.58. The number of para-hydroxylation sites is 1. The first-order chi connectivity index (χ1) is 12.8. The van der Waals surface area contributed by atoms with Gasteiger partial charge in [-0.2, -0.15) is 19.3 Å². The Kier molecular flexibility index (Phi) is 4.25. The number of nitrogens with one attached hydrogen (secondary N) is 1. The summed E-state index contributed by atoms with van der Waals surface area (Å²) in [7, 11) is 0. The lowest BCUT2D eigenvalue weighted by Crippen LogP contribution is -2.58. The van der Waals surface area contributed by atoms with E-state index in [1.165, 1.54) is 60.7 Å². The van der Waals surface area contributed by atoms with Crippen molar-refractivity contribution in [3.05, 3.63) is 65.2 Å². The number of anilines is 1. The molecular formula is C20H13F2N3O2. The first-order valence-corrected chi connectivity index (χ1v) is 8.00. The van der Waals surface area contributed by atoms with Gasteiger partial charge in [-0.15, -0.1) is 0 Å². The number of rotatable bonds is 4. The SMILES string of the molecule is Cc1ccc(C(=O)C(F)(F)[C@@]2(C(C#N)C#N)C(=O)Nc3ccccc32)cc1. The van der Waals surface area contributed by atoms with Crippen LogP contribution in [0.5, 0.6) is 0 Å². The number of halogens is 2. The largest absolute Gasteiger partial charge is 0.330 e. The first-order valence-electron chi connectivity index (χ1n) is 8.00. The molecule has 134 valence electrons. The summed E-state index contributed by atoms with van der Waals surface area (Å²) in [5.74, 6) is -9.26. The predicted molar refractivity (Wildman–Crippen MR) is 91.9 cm³/mol. The molecule has 1 heterocycles. The third-order valence-corrected chi connectivity index (χ3v) is 4.74. The second-order valence-corrected chi connectivity index (χ2v) is 6.27. The van der Waals surface area contributed by atoms with Gasteiger partial charge >= 0.3 is 5.92 Å². The molecule has 0 aliphatic carbocycles. The van der Waals surface area contributed by atoms with E-state index in [1.54, 1.807) is 6.92 Å². The molecule has 0 bridgehead atoms. The quantitative estimate of drug-likeness (QED) is 0.841. The molecule has 3 rings (SSSR count). The number of nitriles is 2. The van der Waals surface area contributed by atoms with Crippen LogP contribution in [0.1, 0.15) is 21.5 Å². The van der Waals surface area contributed by atoms with Crippen molar-refractivity contribution in [2.24, 2.45) is 5.92 Å². The molecule has 27 heavy (non-hydrogen) atoms. The van der Waals surface area contributed by atoms with Gasteiger partial charge in [0.2, 0.25) is 11.7 Å². The Morgan fingerprint density at radius 2 is 1.70 bits per heavy atom. The lowest BCUT2D eigenvalue weighted by atomic mass is 9.65. The van der Waals surface area contributed by atoms with E-state index in [4.69, 9.17) is 0 Å². The van der Waals surface area contributed by atoms with Crippen molar-refractivity contribution in [1.82, 2.24) is 0 Å². The van der Waals surface area contributed by atoms with Crippen LogP contribution in [0.25, 0.3) is 0 Å². The van der Waals surface area contributed by atoms with E-state index in [1.807, 2.05) is 0 Å². The highest BCUT2D eigenvalue weighted by molar-refractivity contribution is 6.14. The average molecular weight is 365 g/mol. The molecule has 7 heteroatoms. The van der Waals surface area contributed by atoms with Crippen LogP contribution in [0.2, 0.25) is 0 Å². The van der Waals surface area contributed by atoms with Crippen molar-refractivity contribution in [2.75, 3.05) is 5.32 Å². The van der Waals surface area contributed by atoms with Crippen LogP contribution in [0, 0.1) is 35.5 Å². The Labute approximate surface area is 153 Å². The summed E-state index contributed by atoms with van der Waals surface area (Å²) < 4.78 is 31.2. The molecule has 1 amide bonds. The van der Waals surface area contributed by atoms with Gasteiger partial charge in [0, 0.05) is 16.8 Å². The van der Waals surface area contributed by atoms with E-state index in [0.717, 1.165) is 5.56 Å². The van der Waals surface area contributed by atoms with Crippen LogP contribution in [-0.4, -0.2) is 17.6 Å². The van der Waals surface area contributed by atoms with Gasteiger partial charge in [0.25, 0.3) is 0 Å². The summed E-state index contributed by atoms with van der Waals surface area (Å²) >= 11 is 0. The molecule has 1 aliphatic rings. The molecule has 2 aromatic rings. The minimum absolute atomic E-state index is 0.0504. The number of hydrogen-bond donors (Lipinski definition) is 1. The van der Waals surface area contributed by atoms with Gasteiger partial charge in [0.05, 0.1) is 12.1 Å². The summed E-state index contributed by atoms with van der Waals surface area (Å²) in [5, 5.41) is 21.0. The number of Topliss-reactive ketones (excluding diaryl/α,β-unsaturated/α-hetero) is 1. The fourth-order valence-electron chi connectivity index (χ4n) is 3.35. The maximum atomic E-state index is 15.6. The number of aryl methyl sites for hydroxylation is 1. The number of carbonyl (C=O) groups excluding carboxylic acids is 2. The Morgan fingerprint density at radius 1 is 1.11 bits per heavy atom. The molecule has 0 saturated carbocycles. The third-order valence-electron chi connectivity index (χ3n) is 4.74. The zero-order chi connectivity index (χ0) is 19.8. The molecule has 0 unspecified atom stereocenters. The van der Waals surface area contributed by atoms with Crippen LogP contribution in [0.15, 0.2) is 48.5 Å². The van der Waals surface area contributed by atoms with Crippen molar-refractivity contribution < 1.29 is 18.4 Å². The summed E-state index contributed by atoms with van der Waals surface area (Å²) in [6.07, 6.45) is 0. The Morgan fingerprint density at radius 3 is 2.30 bits per heavy atom. The molecule has 0 saturated heterocycles. The maximum Gasteiger partial charge on any atom is 0.330 e. The van der Waals surface area contributed by atoms with E-state index < -0.39 is 28.9 Å². The van der Waals surface area contributed by atoms with E-state index >= 15 is 8.78 Å². The molecule has 0 spiro atoms. The van der Waals surface area contributed by atoms with Crippen molar-refractivity contribution in [3.63, 3.8) is 0 Å². The zero-order valence-electron chi connectivity index (χ0n) is 14.2. The second kappa shape index (κ2) is 6.30. The summed E-state index contributed by atoms with van der Waals surface area (Å²) in [6, 6.07) is 13.9. The monoisotopic (exact) mass is 365 g/mol. The maximum absolute atomic E-state index is 15.6. The van der Waals surface area contributed by atoms with E-state index in [0.29, 0.717) is 0 Å². The Balaban J connectivity index is 2.28. The van der Waals surface area contributed by atoms with Gasteiger partial charge in [-0.05, 0) is 13.0 Å². The molecule has 2 aromatic carbocycles. The van der Waals surface area contributed by atoms with Crippen LogP contribution >= 0.6 is 0 Å². The highest BCUT2D eigenvalue weighted by atomic mass is 19.3. The van der Waals surface area contributed by atoms with Crippen molar-refractivity contribution in [3.8, 4) is 12.1 Å². The number of nitrogens with zero attached hydrogens (tertiary/aromatic N) is 2. The number of alkyl halides is 2. The highest BCUT2D eigenvalue weighted by Crippen LogP contribution is 2.53. The van der Waals surface area contributed by atoms with Gasteiger partial charge in [0.15, 0.2) is 11.3 Å². The van der Waals surface area contributed by atoms with Crippen molar-refractivity contribution in [1.29, 1.82) is 10.5 Å². The number of ketones is 1. The van der Waals surface area contributed by atoms with Crippen LogP contribution in [0.3, 0.4) is 0 Å². The fraction of sp³-hybridized carbons (Fsp3) is 0.200. The van der Waals surface area contributed by atoms with Gasteiger partial charge < -0.3 is 5.32 Å². The van der Waals surface area contributed by atoms with Gasteiger partial charge in [-0.1, -0.05) is 48.0 Å². The molecule has 1 atom stereocenters. The van der Waals surface area contributed by atoms with Gasteiger partial charge in [0.1, 0.15) is 0 Å². The van der Waals surface area contributed by atoms with Crippen LogP contribution in [-0.2, 0) is 10.2 Å². The molecule has 5 nitrogen and oxygen atoms in total. The summed E-state index contributed by atoms with van der Waals surface area (Å²) in [6.45, 7) is 1.73. The molecule has 1 N–H and O–H groups in total. The standard InChI is InChI=1S/C20H13F2N3O2/c1-12-6-8-13(9-7-12)17(26)20(21,22)19(14(10-23)11-24)15-4-2-3-5-16(15)25-18(19)27/h2-9,14H,1H3,(H,25,27)/t19-/m1/s1. The van der Waals surface area contributed by atoms with Crippen LogP contribution in [0.4, 0.5) is 14.5 Å². The number of fused-ring (bicyclic) bond motifs is 1. The normalized spacial score (nSPS) is 18.4. The van der Waals surface area contributed by atoms with Gasteiger partial charge in [-0.3, -0.25) is 9.59 Å². The Bertz CT molecular complexity index is 1000. The highest BCUT2D eigenvalue weighted by Gasteiger charge is 2.71. The molecule has 1 aliphatic heterocycles. The lowest BCUT2D eigenvalue weighted by Gasteiger charge is -2.35. The molecular weight excluding hydrogens is 352 g/mol. The van der Waals surface area contributed by atoms with E-state index in [9.17, 15) is 20.1 Å². The number of benzene rings is 2. The minimum atomic E-state index is -4.32. The van der Waals surface area contributed by atoms with Crippen molar-refractivity contribution >= 4 is 17.4 Å².